The molecule has 0 aliphatic carbocycles. The van der Waals surface area contributed by atoms with Crippen LogP contribution in [0.2, 0.25) is 6.04 Å². The van der Waals surface area contributed by atoms with Gasteiger partial charge in [0.05, 0.1) is 18.8 Å². The normalized spacial score (nSPS) is 39.2. The van der Waals surface area contributed by atoms with Crippen molar-refractivity contribution < 1.29 is 9.47 Å². The molecule has 0 amide bonds. The molecule has 0 saturated carbocycles. The van der Waals surface area contributed by atoms with Crippen molar-refractivity contribution in [2.45, 2.75) is 37.5 Å². The summed E-state index contributed by atoms with van der Waals surface area (Å²) in [6.07, 6.45) is 4.84. The molecule has 2 aliphatic rings. The molecule has 0 aromatic carbocycles. The van der Waals surface area contributed by atoms with E-state index in [1.165, 1.54) is 19.3 Å². The molecule has 2 heterocycles. The standard InChI is InChI=1S/C9H15O2Si/c12-4-3-10-6-7-5-8-1-2-9(7)11-8/h7-9H,1-6H2. The van der Waals surface area contributed by atoms with Crippen molar-refractivity contribution >= 4 is 10.2 Å². The molecule has 2 saturated heterocycles. The fourth-order valence-corrected chi connectivity index (χ4v) is 2.37. The predicted octanol–water partition coefficient (Wildman–Crippen LogP) is 1.16. The van der Waals surface area contributed by atoms with Gasteiger partial charge in [0.15, 0.2) is 0 Å². The van der Waals surface area contributed by atoms with E-state index in [0.29, 0.717) is 18.1 Å². The number of ether oxygens (including phenoxy) is 2. The van der Waals surface area contributed by atoms with Crippen LogP contribution in [0.3, 0.4) is 0 Å². The Morgan fingerprint density at radius 2 is 2.33 bits per heavy atom. The molecule has 3 radical (unpaired) electrons. The van der Waals surface area contributed by atoms with Crippen molar-refractivity contribution in [2.75, 3.05) is 13.2 Å². The van der Waals surface area contributed by atoms with E-state index in [4.69, 9.17) is 9.47 Å². The highest BCUT2D eigenvalue weighted by molar-refractivity contribution is 6.08. The Hall–Kier alpha value is 0.137. The summed E-state index contributed by atoms with van der Waals surface area (Å²) in [5, 5.41) is 0. The van der Waals surface area contributed by atoms with Crippen LogP contribution in [0, 0.1) is 5.92 Å². The second kappa shape index (κ2) is 3.90. The quantitative estimate of drug-likeness (QED) is 0.481. The lowest BCUT2D eigenvalue weighted by molar-refractivity contribution is 0.0559. The van der Waals surface area contributed by atoms with Crippen LogP contribution in [-0.2, 0) is 9.47 Å². The van der Waals surface area contributed by atoms with Crippen molar-refractivity contribution in [3.05, 3.63) is 0 Å². The van der Waals surface area contributed by atoms with Gasteiger partial charge in [0, 0.05) is 22.8 Å². The average molecular weight is 183 g/mol. The molecule has 2 fully saturated rings. The van der Waals surface area contributed by atoms with Crippen LogP contribution in [0.15, 0.2) is 0 Å². The third-order valence-electron chi connectivity index (χ3n) is 2.81. The fraction of sp³-hybridized carbons (Fsp3) is 1.00. The summed E-state index contributed by atoms with van der Waals surface area (Å²) in [6.45, 7) is 1.72. The molecule has 12 heavy (non-hydrogen) atoms. The Morgan fingerprint density at radius 1 is 1.42 bits per heavy atom. The summed E-state index contributed by atoms with van der Waals surface area (Å²) < 4.78 is 11.2. The van der Waals surface area contributed by atoms with Crippen molar-refractivity contribution in [2.24, 2.45) is 5.92 Å². The molecule has 67 valence electrons. The minimum Gasteiger partial charge on any atom is -0.381 e. The van der Waals surface area contributed by atoms with Gasteiger partial charge in [-0.15, -0.1) is 0 Å². The van der Waals surface area contributed by atoms with Crippen molar-refractivity contribution in [1.29, 1.82) is 0 Å². The Morgan fingerprint density at radius 3 is 2.92 bits per heavy atom. The largest absolute Gasteiger partial charge is 0.381 e. The Labute approximate surface area is 77.0 Å². The molecule has 3 atom stereocenters. The summed E-state index contributed by atoms with van der Waals surface area (Å²) >= 11 is 0. The van der Waals surface area contributed by atoms with Gasteiger partial charge in [0.1, 0.15) is 0 Å². The molecule has 2 rings (SSSR count). The molecule has 0 spiro atoms. The van der Waals surface area contributed by atoms with Crippen LogP contribution in [-0.4, -0.2) is 35.7 Å². The van der Waals surface area contributed by atoms with E-state index < -0.39 is 0 Å². The lowest BCUT2D eigenvalue weighted by Crippen LogP contribution is -2.21. The molecule has 0 aromatic rings. The molecule has 3 unspecified atom stereocenters. The van der Waals surface area contributed by atoms with Crippen molar-refractivity contribution in [1.82, 2.24) is 0 Å². The number of rotatable bonds is 4. The van der Waals surface area contributed by atoms with Crippen LogP contribution < -0.4 is 0 Å². The Balaban J connectivity index is 1.69. The monoisotopic (exact) mass is 183 g/mol. The summed E-state index contributed by atoms with van der Waals surface area (Å²) in [6, 6.07) is 0.932. The lowest BCUT2D eigenvalue weighted by atomic mass is 9.90. The van der Waals surface area contributed by atoms with Gasteiger partial charge in [-0.2, -0.15) is 0 Å². The van der Waals surface area contributed by atoms with Crippen molar-refractivity contribution in [3.63, 3.8) is 0 Å². The van der Waals surface area contributed by atoms with Crippen LogP contribution in [0.25, 0.3) is 0 Å². The van der Waals surface area contributed by atoms with E-state index in [2.05, 4.69) is 10.2 Å². The number of hydrogen-bond donors (Lipinski definition) is 0. The lowest BCUT2D eigenvalue weighted by Gasteiger charge is -2.17. The van der Waals surface area contributed by atoms with Gasteiger partial charge in [-0.3, -0.25) is 0 Å². The summed E-state index contributed by atoms with van der Waals surface area (Å²) in [7, 11) is 3.39. The van der Waals surface area contributed by atoms with Crippen molar-refractivity contribution in [3.8, 4) is 0 Å². The molecule has 3 heteroatoms. The third-order valence-corrected chi connectivity index (χ3v) is 3.01. The van der Waals surface area contributed by atoms with Crippen LogP contribution in [0.5, 0.6) is 0 Å². The predicted molar refractivity (Wildman–Crippen MR) is 47.4 cm³/mol. The first-order valence-corrected chi connectivity index (χ1v) is 5.48. The Kier molecular flexibility index (Phi) is 2.83. The smallest absolute Gasteiger partial charge is 0.0630 e. The van der Waals surface area contributed by atoms with Gasteiger partial charge in [0.2, 0.25) is 0 Å². The maximum atomic E-state index is 5.72. The highest BCUT2D eigenvalue weighted by atomic mass is 28.1. The zero-order valence-electron chi connectivity index (χ0n) is 7.29. The van der Waals surface area contributed by atoms with Gasteiger partial charge in [-0.05, 0) is 25.3 Å². The van der Waals surface area contributed by atoms with Gasteiger partial charge < -0.3 is 9.47 Å². The van der Waals surface area contributed by atoms with E-state index in [9.17, 15) is 0 Å². The van der Waals surface area contributed by atoms with E-state index in [0.717, 1.165) is 19.3 Å². The summed E-state index contributed by atoms with van der Waals surface area (Å²) in [5.74, 6) is 0.682. The van der Waals surface area contributed by atoms with Crippen LogP contribution in [0.4, 0.5) is 0 Å². The topological polar surface area (TPSA) is 18.5 Å². The van der Waals surface area contributed by atoms with Crippen LogP contribution in [0.1, 0.15) is 19.3 Å². The second-order valence-corrected chi connectivity index (χ2v) is 4.19. The van der Waals surface area contributed by atoms with Gasteiger partial charge >= 0.3 is 0 Å². The van der Waals surface area contributed by atoms with E-state index >= 15 is 0 Å². The third kappa shape index (κ3) is 1.73. The SMILES string of the molecule is [Si]CCOCC1CC2CCC1O2. The molecule has 2 nitrogen and oxygen atoms in total. The first-order chi connectivity index (χ1) is 5.90. The maximum Gasteiger partial charge on any atom is 0.0630 e. The number of hydrogen-bond acceptors (Lipinski definition) is 2. The molecular formula is C9H15O2Si. The second-order valence-electron chi connectivity index (χ2n) is 3.69. The zero-order chi connectivity index (χ0) is 8.39. The minimum absolute atomic E-state index is 0.518. The molecular weight excluding hydrogens is 168 g/mol. The zero-order valence-corrected chi connectivity index (χ0v) is 8.29. The molecule has 2 bridgehead atoms. The van der Waals surface area contributed by atoms with Gasteiger partial charge in [-0.1, -0.05) is 0 Å². The highest BCUT2D eigenvalue weighted by Crippen LogP contribution is 2.38. The van der Waals surface area contributed by atoms with E-state index in [1.807, 2.05) is 0 Å². The highest BCUT2D eigenvalue weighted by Gasteiger charge is 2.40. The van der Waals surface area contributed by atoms with E-state index in [-0.39, 0.29) is 0 Å². The minimum atomic E-state index is 0.518. The molecule has 0 aromatic heterocycles. The fourth-order valence-electron chi connectivity index (χ4n) is 2.23. The van der Waals surface area contributed by atoms with Crippen LogP contribution >= 0.6 is 0 Å². The van der Waals surface area contributed by atoms with Gasteiger partial charge in [-0.25, -0.2) is 0 Å². The molecule has 2 aliphatic heterocycles. The first-order valence-electron chi connectivity index (χ1n) is 4.78. The molecule has 0 N–H and O–H groups in total. The summed E-state index contributed by atoms with van der Waals surface area (Å²) in [4.78, 5) is 0. The first kappa shape index (κ1) is 8.72. The summed E-state index contributed by atoms with van der Waals surface area (Å²) in [5.41, 5.74) is 0. The Bertz CT molecular complexity index is 151. The maximum absolute atomic E-state index is 5.72. The van der Waals surface area contributed by atoms with E-state index in [1.54, 1.807) is 0 Å². The average Bonchev–Trinajstić information content (AvgIpc) is 2.65. The number of fused-ring (bicyclic) bond motifs is 2. The van der Waals surface area contributed by atoms with Gasteiger partial charge in [0.25, 0.3) is 0 Å².